The lowest BCUT2D eigenvalue weighted by atomic mass is 10.1. The standard InChI is InChI=1S/C14H21NO3/c1-11(16)6-8-15-9-7-12-10-13(17-2)4-5-14(12)18-3/h4-5,10,15H,6-9H2,1-3H3. The molecule has 4 heteroatoms. The van der Waals surface area contributed by atoms with Crippen molar-refractivity contribution >= 4 is 5.78 Å². The molecule has 0 spiro atoms. The maximum absolute atomic E-state index is 10.8. The summed E-state index contributed by atoms with van der Waals surface area (Å²) in [5.41, 5.74) is 1.10. The summed E-state index contributed by atoms with van der Waals surface area (Å²) in [7, 11) is 3.31. The number of rotatable bonds is 8. The molecule has 18 heavy (non-hydrogen) atoms. The van der Waals surface area contributed by atoms with Crippen LogP contribution in [0.1, 0.15) is 18.9 Å². The van der Waals surface area contributed by atoms with E-state index in [2.05, 4.69) is 5.32 Å². The molecule has 0 aromatic heterocycles. The quantitative estimate of drug-likeness (QED) is 0.716. The maximum Gasteiger partial charge on any atom is 0.131 e. The van der Waals surface area contributed by atoms with E-state index in [4.69, 9.17) is 9.47 Å². The molecule has 0 amide bonds. The molecule has 0 heterocycles. The Morgan fingerprint density at radius 1 is 1.22 bits per heavy atom. The van der Waals surface area contributed by atoms with E-state index < -0.39 is 0 Å². The van der Waals surface area contributed by atoms with Gasteiger partial charge in [-0.25, -0.2) is 0 Å². The molecular formula is C14H21NO3. The number of carbonyl (C=O) groups is 1. The zero-order valence-electron chi connectivity index (χ0n) is 11.3. The predicted molar refractivity (Wildman–Crippen MR) is 71.4 cm³/mol. The van der Waals surface area contributed by atoms with Gasteiger partial charge in [-0.1, -0.05) is 0 Å². The van der Waals surface area contributed by atoms with Crippen LogP contribution >= 0.6 is 0 Å². The molecule has 0 aliphatic rings. The summed E-state index contributed by atoms with van der Waals surface area (Å²) in [5, 5.41) is 3.24. The molecule has 0 unspecified atom stereocenters. The third-order valence-corrected chi connectivity index (χ3v) is 2.71. The van der Waals surface area contributed by atoms with Gasteiger partial charge >= 0.3 is 0 Å². The van der Waals surface area contributed by atoms with Crippen molar-refractivity contribution in [1.29, 1.82) is 0 Å². The lowest BCUT2D eigenvalue weighted by Gasteiger charge is -2.10. The summed E-state index contributed by atoms with van der Waals surface area (Å²) < 4.78 is 10.5. The molecule has 4 nitrogen and oxygen atoms in total. The highest BCUT2D eigenvalue weighted by atomic mass is 16.5. The Balaban J connectivity index is 2.47. The number of carbonyl (C=O) groups excluding carboxylic acids is 1. The Hall–Kier alpha value is -1.55. The van der Waals surface area contributed by atoms with Gasteiger partial charge in [-0.3, -0.25) is 4.79 Å². The minimum absolute atomic E-state index is 0.210. The van der Waals surface area contributed by atoms with Gasteiger partial charge in [0.05, 0.1) is 14.2 Å². The highest BCUT2D eigenvalue weighted by Gasteiger charge is 2.04. The fourth-order valence-corrected chi connectivity index (χ4v) is 1.69. The summed E-state index contributed by atoms with van der Waals surface area (Å²) in [6.45, 7) is 3.14. The molecule has 0 aliphatic heterocycles. The maximum atomic E-state index is 10.8. The molecule has 0 radical (unpaired) electrons. The first-order chi connectivity index (χ1) is 8.67. The largest absolute Gasteiger partial charge is 0.497 e. The van der Waals surface area contributed by atoms with Gasteiger partial charge in [0.15, 0.2) is 0 Å². The van der Waals surface area contributed by atoms with Crippen molar-refractivity contribution in [1.82, 2.24) is 5.32 Å². The first-order valence-electron chi connectivity index (χ1n) is 6.08. The van der Waals surface area contributed by atoms with E-state index >= 15 is 0 Å². The van der Waals surface area contributed by atoms with Crippen LogP contribution < -0.4 is 14.8 Å². The van der Waals surface area contributed by atoms with Crippen LogP contribution in [0.15, 0.2) is 18.2 Å². The fraction of sp³-hybridized carbons (Fsp3) is 0.500. The van der Waals surface area contributed by atoms with Crippen LogP contribution in [0.25, 0.3) is 0 Å². The summed E-state index contributed by atoms with van der Waals surface area (Å²) >= 11 is 0. The van der Waals surface area contributed by atoms with Gasteiger partial charge in [-0.05, 0) is 43.7 Å². The second-order valence-corrected chi connectivity index (χ2v) is 4.13. The molecule has 100 valence electrons. The Morgan fingerprint density at radius 3 is 2.61 bits per heavy atom. The Bertz CT molecular complexity index is 391. The predicted octanol–water partition coefficient (Wildman–Crippen LogP) is 1.82. The van der Waals surface area contributed by atoms with Crippen LogP contribution in [0.2, 0.25) is 0 Å². The number of methoxy groups -OCH3 is 2. The lowest BCUT2D eigenvalue weighted by molar-refractivity contribution is -0.116. The Kier molecular flexibility index (Phi) is 6.22. The number of hydrogen-bond donors (Lipinski definition) is 1. The average Bonchev–Trinajstić information content (AvgIpc) is 2.37. The molecule has 0 aliphatic carbocycles. The van der Waals surface area contributed by atoms with Gasteiger partial charge in [0.1, 0.15) is 17.3 Å². The van der Waals surface area contributed by atoms with Gasteiger partial charge < -0.3 is 14.8 Å². The van der Waals surface area contributed by atoms with Gasteiger partial charge in [0.2, 0.25) is 0 Å². The summed E-state index contributed by atoms with van der Waals surface area (Å²) in [4.78, 5) is 10.8. The number of ether oxygens (including phenoxy) is 2. The van der Waals surface area contributed by atoms with Gasteiger partial charge in [0, 0.05) is 13.0 Å². The van der Waals surface area contributed by atoms with Crippen molar-refractivity contribution in [3.8, 4) is 11.5 Å². The van der Waals surface area contributed by atoms with Crippen molar-refractivity contribution in [2.75, 3.05) is 27.3 Å². The van der Waals surface area contributed by atoms with E-state index in [1.807, 2.05) is 18.2 Å². The second-order valence-electron chi connectivity index (χ2n) is 4.13. The number of ketones is 1. The summed E-state index contributed by atoms with van der Waals surface area (Å²) in [5.74, 6) is 1.90. The number of nitrogens with one attached hydrogen (secondary N) is 1. The molecule has 0 saturated carbocycles. The van der Waals surface area contributed by atoms with Crippen LogP contribution in [-0.2, 0) is 11.2 Å². The highest BCUT2D eigenvalue weighted by molar-refractivity contribution is 5.75. The van der Waals surface area contributed by atoms with Gasteiger partial charge in [0.25, 0.3) is 0 Å². The minimum atomic E-state index is 0.210. The third kappa shape index (κ3) is 4.75. The highest BCUT2D eigenvalue weighted by Crippen LogP contribution is 2.23. The molecule has 1 aromatic rings. The first-order valence-corrected chi connectivity index (χ1v) is 6.08. The van der Waals surface area contributed by atoms with Crippen LogP contribution in [0.5, 0.6) is 11.5 Å². The molecule has 1 N–H and O–H groups in total. The monoisotopic (exact) mass is 251 g/mol. The van der Waals surface area contributed by atoms with Crippen LogP contribution in [0, 0.1) is 0 Å². The van der Waals surface area contributed by atoms with Crippen molar-refractivity contribution in [3.63, 3.8) is 0 Å². The third-order valence-electron chi connectivity index (χ3n) is 2.71. The average molecular weight is 251 g/mol. The smallest absolute Gasteiger partial charge is 0.131 e. The Morgan fingerprint density at radius 2 is 2.00 bits per heavy atom. The van der Waals surface area contributed by atoms with E-state index in [-0.39, 0.29) is 5.78 Å². The normalized spacial score (nSPS) is 10.2. The Labute approximate surface area is 108 Å². The van der Waals surface area contributed by atoms with Crippen molar-refractivity contribution < 1.29 is 14.3 Å². The number of hydrogen-bond acceptors (Lipinski definition) is 4. The second kappa shape index (κ2) is 7.71. The summed E-state index contributed by atoms with van der Waals surface area (Å²) in [6, 6.07) is 5.76. The minimum Gasteiger partial charge on any atom is -0.497 e. The zero-order valence-corrected chi connectivity index (χ0v) is 11.3. The molecule has 0 saturated heterocycles. The molecule has 0 bridgehead atoms. The molecule has 0 fully saturated rings. The lowest BCUT2D eigenvalue weighted by Crippen LogP contribution is -2.20. The molecule has 1 aromatic carbocycles. The van der Waals surface area contributed by atoms with Crippen molar-refractivity contribution in [2.24, 2.45) is 0 Å². The van der Waals surface area contributed by atoms with Gasteiger partial charge in [-0.15, -0.1) is 0 Å². The number of Topliss-reactive ketones (excluding diaryl/α,β-unsaturated/α-hetero) is 1. The SMILES string of the molecule is COc1ccc(OC)c(CCNCCC(C)=O)c1. The van der Waals surface area contributed by atoms with E-state index in [0.29, 0.717) is 6.42 Å². The van der Waals surface area contributed by atoms with E-state index in [9.17, 15) is 4.79 Å². The zero-order chi connectivity index (χ0) is 13.4. The van der Waals surface area contributed by atoms with E-state index in [0.717, 1.165) is 36.6 Å². The molecule has 0 atom stereocenters. The van der Waals surface area contributed by atoms with Crippen LogP contribution in [0.3, 0.4) is 0 Å². The van der Waals surface area contributed by atoms with Crippen LogP contribution in [-0.4, -0.2) is 33.1 Å². The topological polar surface area (TPSA) is 47.6 Å². The van der Waals surface area contributed by atoms with Crippen LogP contribution in [0.4, 0.5) is 0 Å². The summed E-state index contributed by atoms with van der Waals surface area (Å²) in [6.07, 6.45) is 1.42. The molecule has 1 rings (SSSR count). The van der Waals surface area contributed by atoms with E-state index in [1.165, 1.54) is 0 Å². The van der Waals surface area contributed by atoms with Crippen molar-refractivity contribution in [2.45, 2.75) is 19.8 Å². The fourth-order valence-electron chi connectivity index (χ4n) is 1.69. The van der Waals surface area contributed by atoms with Gasteiger partial charge in [-0.2, -0.15) is 0 Å². The van der Waals surface area contributed by atoms with E-state index in [1.54, 1.807) is 21.1 Å². The number of benzene rings is 1. The molecular weight excluding hydrogens is 230 g/mol. The first kappa shape index (κ1) is 14.5. The van der Waals surface area contributed by atoms with Crippen molar-refractivity contribution in [3.05, 3.63) is 23.8 Å².